The second-order valence-corrected chi connectivity index (χ2v) is 6.57. The molecule has 124 valence electrons. The van der Waals surface area contributed by atoms with Crippen LogP contribution in [0.4, 0.5) is 0 Å². The number of aryl methyl sites for hydroxylation is 1. The van der Waals surface area contributed by atoms with Gasteiger partial charge in [0.15, 0.2) is 0 Å². The molecule has 0 aliphatic heterocycles. The minimum Gasteiger partial charge on any atom is -0.318 e. The molecule has 25 heavy (non-hydrogen) atoms. The molecule has 1 amide bonds. The lowest BCUT2D eigenvalue weighted by molar-refractivity contribution is 0.0948. The molecule has 0 saturated carbocycles. The van der Waals surface area contributed by atoms with Crippen LogP contribution in [0.3, 0.4) is 0 Å². The molecule has 2 aromatic carbocycles. The van der Waals surface area contributed by atoms with Crippen LogP contribution in [0.1, 0.15) is 10.5 Å². The van der Waals surface area contributed by atoms with Crippen molar-refractivity contribution in [3.05, 3.63) is 75.4 Å². The Morgan fingerprint density at radius 2 is 1.92 bits per heavy atom. The maximum atomic E-state index is 12.4. The number of hydrogen-bond donors (Lipinski definition) is 2. The fourth-order valence-electron chi connectivity index (χ4n) is 2.68. The van der Waals surface area contributed by atoms with E-state index in [4.69, 9.17) is 0 Å². The Kier molecular flexibility index (Phi) is 3.70. The van der Waals surface area contributed by atoms with E-state index >= 15 is 0 Å². The maximum absolute atomic E-state index is 12.4. The van der Waals surface area contributed by atoms with Crippen molar-refractivity contribution in [1.29, 1.82) is 0 Å². The standard InChI is InChI=1S/C18H14N4O2S/c1-22-14-8-4-5-9-15(14)25-18(22)21-20-17(24)13-10-11-6-2-3-7-12(11)16(23)19-13/h2-10H,1H3,(H,19,23)(H,20,24)/b21-18-. The van der Waals surface area contributed by atoms with Crippen LogP contribution in [-0.2, 0) is 7.05 Å². The number of nitrogens with zero attached hydrogens (tertiary/aromatic N) is 2. The Morgan fingerprint density at radius 1 is 1.16 bits per heavy atom. The molecule has 4 aromatic rings. The number of aromatic amines is 1. The minimum atomic E-state index is -0.458. The molecule has 0 saturated heterocycles. The van der Waals surface area contributed by atoms with Crippen molar-refractivity contribution in [1.82, 2.24) is 15.0 Å². The molecule has 2 N–H and O–H groups in total. The van der Waals surface area contributed by atoms with Gasteiger partial charge in [-0.3, -0.25) is 9.59 Å². The third-order valence-corrected chi connectivity index (χ3v) is 5.08. The lowest BCUT2D eigenvalue weighted by Gasteiger charge is -2.02. The van der Waals surface area contributed by atoms with E-state index in [9.17, 15) is 9.59 Å². The van der Waals surface area contributed by atoms with Gasteiger partial charge in [-0.05, 0) is 29.7 Å². The highest BCUT2D eigenvalue weighted by Crippen LogP contribution is 2.15. The zero-order chi connectivity index (χ0) is 17.4. The smallest absolute Gasteiger partial charge is 0.287 e. The Balaban J connectivity index is 1.70. The highest BCUT2D eigenvalue weighted by atomic mass is 32.1. The number of carbonyl (C=O) groups is 1. The number of thiazole rings is 1. The normalized spacial score (nSPS) is 12.0. The second kappa shape index (κ2) is 6.03. The molecule has 0 radical (unpaired) electrons. The van der Waals surface area contributed by atoms with E-state index in [0.717, 1.165) is 10.2 Å². The molecular weight excluding hydrogens is 336 g/mol. The van der Waals surface area contributed by atoms with Gasteiger partial charge in [-0.2, -0.15) is 0 Å². The number of hydrogen-bond acceptors (Lipinski definition) is 4. The number of nitrogens with one attached hydrogen (secondary N) is 2. The zero-order valence-electron chi connectivity index (χ0n) is 13.3. The first-order valence-corrected chi connectivity index (χ1v) is 8.46. The van der Waals surface area contributed by atoms with Crippen molar-refractivity contribution in [2.75, 3.05) is 0 Å². The van der Waals surface area contributed by atoms with Gasteiger partial charge in [0.1, 0.15) is 5.69 Å². The molecule has 0 spiro atoms. The molecule has 0 bridgehead atoms. The molecule has 0 aliphatic carbocycles. The number of rotatable bonds is 2. The molecule has 2 aromatic heterocycles. The van der Waals surface area contributed by atoms with Crippen molar-refractivity contribution in [3.63, 3.8) is 0 Å². The van der Waals surface area contributed by atoms with E-state index in [1.54, 1.807) is 24.3 Å². The lowest BCUT2D eigenvalue weighted by Crippen LogP contribution is -2.25. The highest BCUT2D eigenvalue weighted by Gasteiger charge is 2.09. The van der Waals surface area contributed by atoms with Gasteiger partial charge >= 0.3 is 0 Å². The molecular formula is C18H14N4O2S. The van der Waals surface area contributed by atoms with Crippen LogP contribution in [0.25, 0.3) is 21.0 Å². The summed E-state index contributed by atoms with van der Waals surface area (Å²) in [5.74, 6) is -0.458. The number of H-pyrrole nitrogens is 1. The zero-order valence-corrected chi connectivity index (χ0v) is 14.1. The van der Waals surface area contributed by atoms with Gasteiger partial charge in [0.25, 0.3) is 11.5 Å². The van der Waals surface area contributed by atoms with Crippen molar-refractivity contribution < 1.29 is 4.79 Å². The van der Waals surface area contributed by atoms with E-state index < -0.39 is 5.91 Å². The van der Waals surface area contributed by atoms with Gasteiger partial charge < -0.3 is 9.55 Å². The van der Waals surface area contributed by atoms with Crippen LogP contribution in [0.5, 0.6) is 0 Å². The molecule has 0 unspecified atom stereocenters. The summed E-state index contributed by atoms with van der Waals surface area (Å²) in [4.78, 5) is 27.7. The number of carbonyl (C=O) groups excluding carboxylic acids is 1. The van der Waals surface area contributed by atoms with Crippen LogP contribution in [0, 0.1) is 0 Å². The van der Waals surface area contributed by atoms with Gasteiger partial charge in [-0.25, -0.2) is 5.43 Å². The van der Waals surface area contributed by atoms with E-state index in [1.165, 1.54) is 11.3 Å². The minimum absolute atomic E-state index is 0.177. The number of para-hydroxylation sites is 1. The van der Waals surface area contributed by atoms with Gasteiger partial charge in [0.05, 0.1) is 10.2 Å². The summed E-state index contributed by atoms with van der Waals surface area (Å²) in [5.41, 5.74) is 3.44. The number of amides is 1. The first-order chi connectivity index (χ1) is 12.1. The second-order valence-electron chi connectivity index (χ2n) is 5.56. The largest absolute Gasteiger partial charge is 0.318 e. The van der Waals surface area contributed by atoms with Crippen LogP contribution in [0.2, 0.25) is 0 Å². The summed E-state index contributed by atoms with van der Waals surface area (Å²) in [6, 6.07) is 16.7. The summed E-state index contributed by atoms with van der Waals surface area (Å²) in [6.07, 6.45) is 0. The van der Waals surface area contributed by atoms with Crippen LogP contribution < -0.4 is 15.8 Å². The Bertz CT molecular complexity index is 1230. The average Bonchev–Trinajstić information content (AvgIpc) is 2.96. The SMILES string of the molecule is Cn1/c(=N/NC(=O)c2cc3ccccc3c(=O)[nH]2)sc2ccccc21. The quantitative estimate of drug-likeness (QED) is 0.544. The predicted octanol–water partition coefficient (Wildman–Crippen LogP) is 2.33. The number of benzene rings is 2. The maximum Gasteiger partial charge on any atom is 0.287 e. The number of pyridine rings is 1. The molecule has 6 nitrogen and oxygen atoms in total. The van der Waals surface area contributed by atoms with Gasteiger partial charge in [0, 0.05) is 12.4 Å². The third-order valence-electron chi connectivity index (χ3n) is 3.97. The van der Waals surface area contributed by atoms with Crippen LogP contribution >= 0.6 is 11.3 Å². The van der Waals surface area contributed by atoms with Crippen LogP contribution in [0.15, 0.2) is 64.5 Å². The van der Waals surface area contributed by atoms with Gasteiger partial charge in [-0.15, -0.1) is 5.10 Å². The average molecular weight is 350 g/mol. The fraction of sp³-hybridized carbons (Fsp3) is 0.0556. The molecule has 0 atom stereocenters. The summed E-state index contributed by atoms with van der Waals surface area (Å²) in [5, 5.41) is 5.45. The highest BCUT2D eigenvalue weighted by molar-refractivity contribution is 7.16. The summed E-state index contributed by atoms with van der Waals surface area (Å²) in [7, 11) is 1.89. The van der Waals surface area contributed by atoms with Gasteiger partial charge in [-0.1, -0.05) is 41.7 Å². The van der Waals surface area contributed by atoms with Crippen molar-refractivity contribution >= 4 is 38.2 Å². The Labute approximate surface area is 146 Å². The summed E-state index contributed by atoms with van der Waals surface area (Å²) >= 11 is 1.48. The molecule has 2 heterocycles. The van der Waals surface area contributed by atoms with Crippen molar-refractivity contribution in [2.45, 2.75) is 0 Å². The molecule has 7 heteroatoms. The van der Waals surface area contributed by atoms with Gasteiger partial charge in [0.2, 0.25) is 4.80 Å². The van der Waals surface area contributed by atoms with Crippen molar-refractivity contribution in [3.8, 4) is 0 Å². The number of aromatic nitrogens is 2. The fourth-order valence-corrected chi connectivity index (χ4v) is 3.66. The van der Waals surface area contributed by atoms with E-state index in [2.05, 4.69) is 15.5 Å². The third kappa shape index (κ3) is 2.74. The molecule has 4 rings (SSSR count). The monoisotopic (exact) mass is 350 g/mol. The first-order valence-electron chi connectivity index (χ1n) is 7.64. The molecule has 0 fully saturated rings. The summed E-state index contributed by atoms with van der Waals surface area (Å²) < 4.78 is 2.99. The van der Waals surface area contributed by atoms with Crippen molar-refractivity contribution in [2.24, 2.45) is 12.1 Å². The first kappa shape index (κ1) is 15.3. The Hall–Kier alpha value is -3.19. The lowest BCUT2D eigenvalue weighted by atomic mass is 10.1. The predicted molar refractivity (Wildman–Crippen MR) is 98.4 cm³/mol. The van der Waals surface area contributed by atoms with E-state index in [0.29, 0.717) is 15.6 Å². The van der Waals surface area contributed by atoms with Crippen LogP contribution in [-0.4, -0.2) is 15.5 Å². The number of fused-ring (bicyclic) bond motifs is 2. The topological polar surface area (TPSA) is 79.2 Å². The Morgan fingerprint density at radius 3 is 2.76 bits per heavy atom. The molecule has 0 aliphatic rings. The van der Waals surface area contributed by atoms with E-state index in [1.807, 2.05) is 41.9 Å². The van der Waals surface area contributed by atoms with E-state index in [-0.39, 0.29) is 11.3 Å². The summed E-state index contributed by atoms with van der Waals surface area (Å²) in [6.45, 7) is 0.